The topological polar surface area (TPSA) is 170 Å². The summed E-state index contributed by atoms with van der Waals surface area (Å²) in [6, 6.07) is 0. The molecule has 2 heterocycles. The molecule has 5 N–H and O–H groups in total. The van der Waals surface area contributed by atoms with Crippen LogP contribution in [0.1, 0.15) is 0 Å². The van der Waals surface area contributed by atoms with E-state index in [2.05, 4.69) is 9.61 Å². The van der Waals surface area contributed by atoms with Gasteiger partial charge in [-0.15, -0.1) is 0 Å². The summed E-state index contributed by atoms with van der Waals surface area (Å²) in [5.41, 5.74) is -3.77. The number of hydrogen-bond donors (Lipinski definition) is 5. The van der Waals surface area contributed by atoms with Crippen LogP contribution >= 0.6 is 7.82 Å². The summed E-state index contributed by atoms with van der Waals surface area (Å²) in [4.78, 5) is 56.8. The second kappa shape index (κ2) is 3.45. The Morgan fingerprint density at radius 3 is 2.35 bits per heavy atom. The maximum Gasteiger partial charge on any atom is 0.544 e. The van der Waals surface area contributed by atoms with Gasteiger partial charge < -0.3 is 4.62 Å². The number of nitrogens with one attached hydrogen (secondary N) is 3. The molecule has 0 amide bonds. The first-order chi connectivity index (χ1) is 7.78. The number of phosphoric acid groups is 1. The van der Waals surface area contributed by atoms with E-state index in [0.717, 1.165) is 0 Å². The summed E-state index contributed by atoms with van der Waals surface area (Å²) in [5, 5.41) is 0. The van der Waals surface area contributed by atoms with Crippen molar-refractivity contribution in [2.45, 2.75) is 0 Å². The predicted molar refractivity (Wildman–Crippen MR) is 52.4 cm³/mol. The van der Waals surface area contributed by atoms with Crippen LogP contribution < -0.4 is 21.6 Å². The Balaban J connectivity index is 2.81. The molecule has 17 heavy (non-hydrogen) atoms. The van der Waals surface area contributed by atoms with Crippen LogP contribution in [-0.2, 0) is 4.57 Å². The third-order valence-corrected chi connectivity index (χ3v) is 2.11. The first kappa shape index (κ1) is 11.4. The molecular weight excluding hydrogens is 259 g/mol. The molecule has 12 heteroatoms. The maximum absolute atomic E-state index is 11.5. The molecule has 92 valence electrons. The van der Waals surface area contributed by atoms with Crippen LogP contribution in [0, 0.1) is 0 Å². The van der Waals surface area contributed by atoms with Crippen LogP contribution in [0.5, 0.6) is 0 Å². The van der Waals surface area contributed by atoms with E-state index in [1.807, 2.05) is 9.97 Å². The Bertz CT molecular complexity index is 787. The lowest BCUT2D eigenvalue weighted by molar-refractivity contribution is 0.163. The lowest BCUT2D eigenvalue weighted by atomic mass is 10.5. The van der Waals surface area contributed by atoms with Gasteiger partial charge in [0.25, 0.3) is 0 Å². The van der Waals surface area contributed by atoms with E-state index in [4.69, 9.17) is 9.79 Å². The minimum atomic E-state index is -5.07. The zero-order valence-electron chi connectivity index (χ0n) is 7.83. The van der Waals surface area contributed by atoms with Gasteiger partial charge in [0.1, 0.15) is 5.65 Å². The Hall–Kier alpha value is -2.10. The third-order valence-electron chi connectivity index (χ3n) is 1.73. The summed E-state index contributed by atoms with van der Waals surface area (Å²) < 4.78 is 14.2. The number of imidazole rings is 1. The largest absolute Gasteiger partial charge is 0.544 e. The first-order valence-electron chi connectivity index (χ1n) is 4.01. The van der Waals surface area contributed by atoms with Gasteiger partial charge in [-0.25, -0.2) is 14.2 Å². The van der Waals surface area contributed by atoms with E-state index in [-0.39, 0.29) is 15.9 Å². The maximum atomic E-state index is 11.5. The summed E-state index contributed by atoms with van der Waals surface area (Å²) in [6.07, 6.45) is 0. The second-order valence-corrected chi connectivity index (χ2v) is 4.08. The van der Waals surface area contributed by atoms with Gasteiger partial charge in [0.15, 0.2) is 5.52 Å². The molecule has 11 nitrogen and oxygen atoms in total. The van der Waals surface area contributed by atoms with Gasteiger partial charge in [-0.05, 0) is 0 Å². The van der Waals surface area contributed by atoms with E-state index < -0.39 is 24.8 Å². The smallest absolute Gasteiger partial charge is 0.303 e. The number of rotatable bonds is 2. The second-order valence-electron chi connectivity index (χ2n) is 2.93. The molecule has 0 unspecified atom stereocenters. The minimum absolute atomic E-state index is 0.174. The molecular formula is C5H5N4O7P. The highest BCUT2D eigenvalue weighted by Gasteiger charge is 2.21. The van der Waals surface area contributed by atoms with Gasteiger partial charge in [-0.2, -0.15) is 0 Å². The number of fused-ring (bicyclic) bond motifs is 1. The number of H-pyrrole nitrogens is 3. The molecule has 2 aromatic rings. The van der Waals surface area contributed by atoms with E-state index in [1.54, 1.807) is 0 Å². The number of aromatic amines is 3. The van der Waals surface area contributed by atoms with Crippen molar-refractivity contribution in [2.75, 3.05) is 0 Å². The van der Waals surface area contributed by atoms with Gasteiger partial charge in [0.2, 0.25) is 0 Å². The molecule has 0 spiro atoms. The average Bonchev–Trinajstić information content (AvgIpc) is 2.52. The lowest BCUT2D eigenvalue weighted by Crippen LogP contribution is -2.38. The van der Waals surface area contributed by atoms with Crippen molar-refractivity contribution in [3.05, 3.63) is 31.3 Å². The zero-order chi connectivity index (χ0) is 12.8. The summed E-state index contributed by atoms with van der Waals surface area (Å²) in [6.45, 7) is 0. The van der Waals surface area contributed by atoms with Crippen LogP contribution in [0.25, 0.3) is 11.2 Å². The zero-order valence-corrected chi connectivity index (χ0v) is 8.72. The van der Waals surface area contributed by atoms with E-state index in [1.165, 1.54) is 0 Å². The first-order valence-corrected chi connectivity index (χ1v) is 5.54. The van der Waals surface area contributed by atoms with E-state index in [9.17, 15) is 18.9 Å². The molecule has 0 aliphatic rings. The number of nitrogens with zero attached hydrogens (tertiary/aromatic N) is 1. The molecule has 0 radical (unpaired) electrons. The van der Waals surface area contributed by atoms with Crippen molar-refractivity contribution in [3.8, 4) is 0 Å². The fourth-order valence-electron chi connectivity index (χ4n) is 1.17. The van der Waals surface area contributed by atoms with E-state index >= 15 is 0 Å². The highest BCUT2D eigenvalue weighted by molar-refractivity contribution is 7.46. The summed E-state index contributed by atoms with van der Waals surface area (Å²) >= 11 is 0. The molecule has 0 saturated heterocycles. The molecule has 0 aliphatic carbocycles. The summed E-state index contributed by atoms with van der Waals surface area (Å²) in [7, 11) is -5.07. The molecule has 0 atom stereocenters. The minimum Gasteiger partial charge on any atom is -0.303 e. The van der Waals surface area contributed by atoms with Gasteiger partial charge in [0, 0.05) is 0 Å². The van der Waals surface area contributed by atoms with Crippen LogP contribution in [0.4, 0.5) is 0 Å². The van der Waals surface area contributed by atoms with Crippen molar-refractivity contribution in [1.82, 2.24) is 19.7 Å². The Morgan fingerprint density at radius 2 is 1.76 bits per heavy atom. The van der Waals surface area contributed by atoms with Crippen molar-refractivity contribution in [2.24, 2.45) is 0 Å². The number of hydrogen-bond acceptors (Lipinski definition) is 5. The lowest BCUT2D eigenvalue weighted by Gasteiger charge is -2.06. The predicted octanol–water partition coefficient (Wildman–Crippen LogP) is -2.77. The summed E-state index contributed by atoms with van der Waals surface area (Å²) in [5.74, 6) is 0. The monoisotopic (exact) mass is 264 g/mol. The highest BCUT2D eigenvalue weighted by atomic mass is 31.2. The SMILES string of the molecule is O=c1[nH]c2[nH]c(=O)n(OP(=O)(O)O)c(=O)c2[nH]1. The molecule has 0 aliphatic heterocycles. The molecule has 2 aromatic heterocycles. The standard InChI is InChI=1S/C5H5N4O7P/c10-3-1-2(7-4(11)6-1)8-5(12)9(3)16-17(13,14)15/h(H,8,12)(H2,6,7,11)(H2,13,14,15). The molecule has 0 saturated carbocycles. The Morgan fingerprint density at radius 1 is 1.12 bits per heavy atom. The van der Waals surface area contributed by atoms with E-state index in [0.29, 0.717) is 0 Å². The van der Waals surface area contributed by atoms with Crippen molar-refractivity contribution >= 4 is 19.0 Å². The fraction of sp³-hybridized carbons (Fsp3) is 0. The normalized spacial score (nSPS) is 11.9. The van der Waals surface area contributed by atoms with Crippen LogP contribution in [0.3, 0.4) is 0 Å². The van der Waals surface area contributed by atoms with Crippen molar-refractivity contribution in [3.63, 3.8) is 0 Å². The van der Waals surface area contributed by atoms with Crippen LogP contribution in [0.15, 0.2) is 14.4 Å². The quantitative estimate of drug-likeness (QED) is 0.365. The van der Waals surface area contributed by atoms with Crippen molar-refractivity contribution in [1.29, 1.82) is 0 Å². The van der Waals surface area contributed by atoms with Gasteiger partial charge in [0.05, 0.1) is 0 Å². The molecule has 0 aromatic carbocycles. The average molecular weight is 264 g/mol. The Kier molecular flexibility index (Phi) is 2.31. The van der Waals surface area contributed by atoms with Gasteiger partial charge in [-0.3, -0.25) is 29.5 Å². The number of aromatic nitrogens is 4. The Labute approximate surface area is 89.9 Å². The third kappa shape index (κ3) is 2.06. The molecule has 0 bridgehead atoms. The fourth-order valence-corrected chi connectivity index (χ4v) is 1.53. The van der Waals surface area contributed by atoms with Gasteiger partial charge in [-0.1, -0.05) is 4.73 Å². The van der Waals surface area contributed by atoms with Gasteiger partial charge >= 0.3 is 24.8 Å². The molecule has 2 rings (SSSR count). The highest BCUT2D eigenvalue weighted by Crippen LogP contribution is 2.30. The van der Waals surface area contributed by atoms with Crippen LogP contribution in [-0.4, -0.2) is 29.5 Å². The van der Waals surface area contributed by atoms with Crippen molar-refractivity contribution < 1.29 is 19.0 Å². The van der Waals surface area contributed by atoms with Crippen LogP contribution in [0.2, 0.25) is 0 Å². The molecule has 0 fully saturated rings.